The average Bonchev–Trinajstić information content (AvgIpc) is 2.48. The predicted octanol–water partition coefficient (Wildman–Crippen LogP) is 1.78. The van der Waals surface area contributed by atoms with Crippen LogP contribution in [0.1, 0.15) is 19.4 Å². The zero-order valence-electron chi connectivity index (χ0n) is 13.6. The lowest BCUT2D eigenvalue weighted by Gasteiger charge is -2.13. The van der Waals surface area contributed by atoms with Gasteiger partial charge in [0.2, 0.25) is 5.91 Å². The lowest BCUT2D eigenvalue weighted by molar-refractivity contribution is -0.119. The van der Waals surface area contributed by atoms with Crippen molar-refractivity contribution >= 4 is 35.8 Å². The third kappa shape index (κ3) is 9.59. The molecule has 0 aliphatic rings. The molecule has 0 aromatic heterocycles. The van der Waals surface area contributed by atoms with Crippen LogP contribution in [-0.2, 0) is 11.2 Å². The monoisotopic (exact) mass is 418 g/mol. The van der Waals surface area contributed by atoms with Gasteiger partial charge in [-0.25, -0.2) is 0 Å². The van der Waals surface area contributed by atoms with E-state index >= 15 is 0 Å². The van der Waals surface area contributed by atoms with E-state index in [9.17, 15) is 4.79 Å². The first-order chi connectivity index (χ1) is 10.1. The van der Waals surface area contributed by atoms with Crippen LogP contribution >= 0.6 is 24.0 Å². The molecule has 0 aliphatic heterocycles. The van der Waals surface area contributed by atoms with Crippen LogP contribution in [-0.4, -0.2) is 38.5 Å². The number of rotatable bonds is 7. The largest absolute Gasteiger partial charge is 0.356 e. The van der Waals surface area contributed by atoms with E-state index in [1.165, 1.54) is 5.56 Å². The minimum Gasteiger partial charge on any atom is -0.356 e. The van der Waals surface area contributed by atoms with Crippen molar-refractivity contribution in [3.05, 3.63) is 35.9 Å². The zero-order valence-corrected chi connectivity index (χ0v) is 15.9. The number of amides is 1. The van der Waals surface area contributed by atoms with Crippen molar-refractivity contribution in [3.8, 4) is 0 Å². The second-order valence-corrected chi connectivity index (χ2v) is 5.29. The van der Waals surface area contributed by atoms with Crippen molar-refractivity contribution in [2.24, 2.45) is 10.9 Å². The Labute approximate surface area is 150 Å². The molecule has 5 nitrogen and oxygen atoms in total. The minimum atomic E-state index is -0.0292. The Balaban J connectivity index is 0.00000441. The second kappa shape index (κ2) is 12.3. The molecule has 0 saturated carbocycles. The lowest BCUT2D eigenvalue weighted by atomic mass is 10.1. The standard InChI is InChI=1S/C16H26N4O.HI/c1-13(2)11-19-16(17-3)20-12-15(21)18-10-9-14-7-5-4-6-8-14;/h4-8,13H,9-12H2,1-3H3,(H,18,21)(H2,17,19,20);1H. The molecule has 0 heterocycles. The first-order valence-corrected chi connectivity index (χ1v) is 7.37. The maximum absolute atomic E-state index is 11.7. The van der Waals surface area contributed by atoms with Crippen LogP contribution in [0.25, 0.3) is 0 Å². The van der Waals surface area contributed by atoms with Gasteiger partial charge in [-0.05, 0) is 17.9 Å². The smallest absolute Gasteiger partial charge is 0.239 e. The van der Waals surface area contributed by atoms with Gasteiger partial charge in [0.05, 0.1) is 6.54 Å². The number of hydrogen-bond donors (Lipinski definition) is 3. The van der Waals surface area contributed by atoms with Crippen LogP contribution in [0.3, 0.4) is 0 Å². The molecule has 1 rings (SSSR count). The van der Waals surface area contributed by atoms with Crippen molar-refractivity contribution in [1.82, 2.24) is 16.0 Å². The molecule has 0 fully saturated rings. The number of carbonyl (C=O) groups is 1. The number of aliphatic imine (C=N–C) groups is 1. The van der Waals surface area contributed by atoms with E-state index in [1.54, 1.807) is 7.05 Å². The van der Waals surface area contributed by atoms with Gasteiger partial charge in [0.25, 0.3) is 0 Å². The van der Waals surface area contributed by atoms with Gasteiger partial charge >= 0.3 is 0 Å². The summed E-state index contributed by atoms with van der Waals surface area (Å²) < 4.78 is 0. The number of nitrogens with zero attached hydrogens (tertiary/aromatic N) is 1. The van der Waals surface area contributed by atoms with E-state index in [4.69, 9.17) is 0 Å². The molecule has 22 heavy (non-hydrogen) atoms. The number of benzene rings is 1. The molecule has 124 valence electrons. The number of halogens is 1. The van der Waals surface area contributed by atoms with Crippen LogP contribution in [0.5, 0.6) is 0 Å². The summed E-state index contributed by atoms with van der Waals surface area (Å²) in [6.07, 6.45) is 0.840. The summed E-state index contributed by atoms with van der Waals surface area (Å²) in [6.45, 7) is 5.94. The van der Waals surface area contributed by atoms with Gasteiger partial charge in [0.1, 0.15) is 0 Å². The highest BCUT2D eigenvalue weighted by molar-refractivity contribution is 14.0. The molecule has 6 heteroatoms. The van der Waals surface area contributed by atoms with Gasteiger partial charge in [0, 0.05) is 20.1 Å². The fourth-order valence-electron chi connectivity index (χ4n) is 1.74. The van der Waals surface area contributed by atoms with E-state index in [0.717, 1.165) is 13.0 Å². The highest BCUT2D eigenvalue weighted by Crippen LogP contribution is 1.97. The van der Waals surface area contributed by atoms with Gasteiger partial charge in [0.15, 0.2) is 5.96 Å². The van der Waals surface area contributed by atoms with Crippen molar-refractivity contribution in [2.45, 2.75) is 20.3 Å². The molecule has 0 bridgehead atoms. The molecule has 0 saturated heterocycles. The fraction of sp³-hybridized carbons (Fsp3) is 0.500. The number of carbonyl (C=O) groups excluding carboxylic acids is 1. The Morgan fingerprint density at radius 1 is 1.14 bits per heavy atom. The van der Waals surface area contributed by atoms with E-state index in [-0.39, 0.29) is 36.4 Å². The Hall–Kier alpha value is -1.31. The van der Waals surface area contributed by atoms with Gasteiger partial charge < -0.3 is 16.0 Å². The first kappa shape index (κ1) is 20.7. The van der Waals surface area contributed by atoms with E-state index in [0.29, 0.717) is 18.4 Å². The van der Waals surface area contributed by atoms with Crippen LogP contribution < -0.4 is 16.0 Å². The Kier molecular flexibility index (Phi) is 11.5. The van der Waals surface area contributed by atoms with Crippen LogP contribution in [0, 0.1) is 5.92 Å². The maximum atomic E-state index is 11.7. The number of hydrogen-bond acceptors (Lipinski definition) is 2. The summed E-state index contributed by atoms with van der Waals surface area (Å²) in [5, 5.41) is 9.06. The molecule has 0 spiro atoms. The van der Waals surface area contributed by atoms with Gasteiger partial charge in [-0.2, -0.15) is 0 Å². The number of guanidine groups is 1. The van der Waals surface area contributed by atoms with Crippen molar-refractivity contribution in [3.63, 3.8) is 0 Å². The summed E-state index contributed by atoms with van der Waals surface area (Å²) in [6, 6.07) is 10.1. The third-order valence-electron chi connectivity index (χ3n) is 2.90. The minimum absolute atomic E-state index is 0. The van der Waals surface area contributed by atoms with Crippen LogP contribution in [0.2, 0.25) is 0 Å². The van der Waals surface area contributed by atoms with Crippen molar-refractivity contribution < 1.29 is 4.79 Å². The third-order valence-corrected chi connectivity index (χ3v) is 2.90. The first-order valence-electron chi connectivity index (χ1n) is 7.37. The summed E-state index contributed by atoms with van der Waals surface area (Å²) in [5.74, 6) is 1.16. The van der Waals surface area contributed by atoms with Crippen molar-refractivity contribution in [2.75, 3.05) is 26.7 Å². The normalized spacial score (nSPS) is 10.8. The van der Waals surface area contributed by atoms with Crippen molar-refractivity contribution in [1.29, 1.82) is 0 Å². The molecule has 0 atom stereocenters. The van der Waals surface area contributed by atoms with Gasteiger partial charge in [-0.3, -0.25) is 9.79 Å². The van der Waals surface area contributed by atoms with Gasteiger partial charge in [-0.15, -0.1) is 24.0 Å². The SMILES string of the molecule is CN=C(NCC(=O)NCCc1ccccc1)NCC(C)C.I. The summed E-state index contributed by atoms with van der Waals surface area (Å²) >= 11 is 0. The van der Waals surface area contributed by atoms with Crippen LogP contribution in [0.4, 0.5) is 0 Å². The molecule has 1 aromatic carbocycles. The Morgan fingerprint density at radius 2 is 1.82 bits per heavy atom. The molecule has 1 aromatic rings. The maximum Gasteiger partial charge on any atom is 0.239 e. The Bertz CT molecular complexity index is 449. The van der Waals surface area contributed by atoms with Crippen LogP contribution in [0.15, 0.2) is 35.3 Å². The summed E-state index contributed by atoms with van der Waals surface area (Å²) in [7, 11) is 1.70. The summed E-state index contributed by atoms with van der Waals surface area (Å²) in [4.78, 5) is 15.8. The predicted molar refractivity (Wildman–Crippen MR) is 103 cm³/mol. The molecule has 3 N–H and O–H groups in total. The molecule has 0 unspecified atom stereocenters. The number of nitrogens with one attached hydrogen (secondary N) is 3. The molecule has 0 aliphatic carbocycles. The zero-order chi connectivity index (χ0) is 15.5. The fourth-order valence-corrected chi connectivity index (χ4v) is 1.74. The lowest BCUT2D eigenvalue weighted by Crippen LogP contribution is -2.44. The van der Waals surface area contributed by atoms with E-state index in [2.05, 4.69) is 46.9 Å². The molecular formula is C16H27IN4O. The second-order valence-electron chi connectivity index (χ2n) is 5.29. The van der Waals surface area contributed by atoms with Gasteiger partial charge in [-0.1, -0.05) is 44.2 Å². The molecule has 1 amide bonds. The highest BCUT2D eigenvalue weighted by atomic mass is 127. The Morgan fingerprint density at radius 3 is 2.41 bits per heavy atom. The molecular weight excluding hydrogens is 391 g/mol. The average molecular weight is 418 g/mol. The topological polar surface area (TPSA) is 65.5 Å². The summed E-state index contributed by atoms with van der Waals surface area (Å²) in [5.41, 5.74) is 1.22. The van der Waals surface area contributed by atoms with E-state index in [1.807, 2.05) is 18.2 Å². The van der Waals surface area contributed by atoms with E-state index < -0.39 is 0 Å². The molecule has 0 radical (unpaired) electrons. The quantitative estimate of drug-likeness (QED) is 0.360. The highest BCUT2D eigenvalue weighted by Gasteiger charge is 2.03.